The Hall–Kier alpha value is -0.830. The number of rotatable bonds is 1. The Labute approximate surface area is 98.0 Å². The number of aryl methyl sites for hydroxylation is 1. The molecule has 0 spiro atoms. The third-order valence-electron chi connectivity index (χ3n) is 4.40. The highest BCUT2D eigenvalue weighted by molar-refractivity contribution is 5.23. The number of hydrogen-bond donors (Lipinski definition) is 1. The highest BCUT2D eigenvalue weighted by Crippen LogP contribution is 2.42. The van der Waals surface area contributed by atoms with Crippen molar-refractivity contribution in [3.05, 3.63) is 17.0 Å². The van der Waals surface area contributed by atoms with Crippen molar-refractivity contribution in [3.8, 4) is 0 Å². The van der Waals surface area contributed by atoms with E-state index in [4.69, 9.17) is 5.73 Å². The Balaban J connectivity index is 2.36. The van der Waals surface area contributed by atoms with Crippen LogP contribution in [0.2, 0.25) is 0 Å². The summed E-state index contributed by atoms with van der Waals surface area (Å²) in [6, 6.07) is 0.590. The van der Waals surface area contributed by atoms with E-state index in [1.165, 1.54) is 17.7 Å². The van der Waals surface area contributed by atoms with Crippen molar-refractivity contribution in [2.45, 2.75) is 59.5 Å². The van der Waals surface area contributed by atoms with Crippen LogP contribution in [0.5, 0.6) is 0 Å². The molecule has 0 saturated heterocycles. The summed E-state index contributed by atoms with van der Waals surface area (Å²) < 4.78 is 2.16. The first kappa shape index (κ1) is 11.6. The second-order valence-electron chi connectivity index (χ2n) is 5.86. The predicted molar refractivity (Wildman–Crippen MR) is 66.5 cm³/mol. The Morgan fingerprint density at radius 3 is 2.31 bits per heavy atom. The van der Waals surface area contributed by atoms with Crippen LogP contribution in [0.4, 0.5) is 0 Å². The van der Waals surface area contributed by atoms with Crippen LogP contribution in [0, 0.1) is 26.2 Å². The van der Waals surface area contributed by atoms with E-state index in [1.54, 1.807) is 0 Å². The summed E-state index contributed by atoms with van der Waals surface area (Å²) in [5.74, 6) is 0. The molecule has 1 fully saturated rings. The lowest BCUT2D eigenvalue weighted by Crippen LogP contribution is -2.38. The van der Waals surface area contributed by atoms with Gasteiger partial charge in [-0.05, 0) is 44.6 Å². The summed E-state index contributed by atoms with van der Waals surface area (Å²) in [6.45, 7) is 10.9. The predicted octanol–water partition coefficient (Wildman–Crippen LogP) is 2.50. The van der Waals surface area contributed by atoms with Gasteiger partial charge < -0.3 is 5.73 Å². The van der Waals surface area contributed by atoms with E-state index >= 15 is 0 Å². The smallest absolute Gasteiger partial charge is 0.0678 e. The van der Waals surface area contributed by atoms with Gasteiger partial charge in [0, 0.05) is 11.7 Å². The van der Waals surface area contributed by atoms with Crippen LogP contribution in [0.1, 0.15) is 49.7 Å². The second kappa shape index (κ2) is 3.59. The highest BCUT2D eigenvalue weighted by Gasteiger charge is 2.41. The normalized spacial score (nSPS) is 28.6. The number of nitrogens with two attached hydrogens (primary N) is 1. The molecule has 1 aliphatic rings. The molecule has 2 unspecified atom stereocenters. The number of hydrogen-bond acceptors (Lipinski definition) is 2. The van der Waals surface area contributed by atoms with Gasteiger partial charge >= 0.3 is 0 Å². The molecule has 2 atom stereocenters. The first-order valence-electron chi connectivity index (χ1n) is 6.12. The second-order valence-corrected chi connectivity index (χ2v) is 5.86. The lowest BCUT2D eigenvalue weighted by atomic mass is 9.87. The molecular weight excluding hydrogens is 198 g/mol. The van der Waals surface area contributed by atoms with Gasteiger partial charge in [-0.15, -0.1) is 0 Å². The third-order valence-corrected chi connectivity index (χ3v) is 4.40. The van der Waals surface area contributed by atoms with Crippen molar-refractivity contribution < 1.29 is 0 Å². The van der Waals surface area contributed by atoms with E-state index in [1.807, 2.05) is 0 Å². The van der Waals surface area contributed by atoms with Gasteiger partial charge in [0.1, 0.15) is 0 Å². The SMILES string of the molecule is Cc1nn(C2CCC(C)(C)C2N)c(C)c1C. The fraction of sp³-hybridized carbons (Fsp3) is 0.769. The minimum absolute atomic E-state index is 0.213. The zero-order valence-electron chi connectivity index (χ0n) is 11.0. The molecule has 1 aliphatic carbocycles. The molecule has 1 heterocycles. The van der Waals surface area contributed by atoms with E-state index in [9.17, 15) is 0 Å². The standard InChI is InChI=1S/C13H23N3/c1-8-9(2)15-16(10(8)3)11-6-7-13(4,5)12(11)14/h11-12H,6-7,14H2,1-5H3. The van der Waals surface area contributed by atoms with Crippen molar-refractivity contribution in [2.75, 3.05) is 0 Å². The molecule has 0 bridgehead atoms. The molecule has 16 heavy (non-hydrogen) atoms. The molecule has 3 nitrogen and oxygen atoms in total. The molecule has 90 valence electrons. The van der Waals surface area contributed by atoms with Gasteiger partial charge in [-0.2, -0.15) is 5.10 Å². The van der Waals surface area contributed by atoms with Crippen molar-refractivity contribution in [1.29, 1.82) is 0 Å². The summed E-state index contributed by atoms with van der Waals surface area (Å²) in [5.41, 5.74) is 10.3. The summed E-state index contributed by atoms with van der Waals surface area (Å²) in [7, 11) is 0. The third kappa shape index (κ3) is 1.58. The highest BCUT2D eigenvalue weighted by atomic mass is 15.3. The monoisotopic (exact) mass is 221 g/mol. The maximum atomic E-state index is 6.36. The van der Waals surface area contributed by atoms with Crippen molar-refractivity contribution >= 4 is 0 Å². The minimum atomic E-state index is 0.213. The Morgan fingerprint density at radius 2 is 1.94 bits per heavy atom. The number of aromatic nitrogens is 2. The number of nitrogens with zero attached hydrogens (tertiary/aromatic N) is 2. The van der Waals surface area contributed by atoms with Gasteiger partial charge in [0.15, 0.2) is 0 Å². The quantitative estimate of drug-likeness (QED) is 0.792. The molecule has 1 aromatic heterocycles. The lowest BCUT2D eigenvalue weighted by molar-refractivity contribution is 0.289. The van der Waals surface area contributed by atoms with Crippen LogP contribution < -0.4 is 5.73 Å². The van der Waals surface area contributed by atoms with Gasteiger partial charge in [0.2, 0.25) is 0 Å². The van der Waals surface area contributed by atoms with Crippen LogP contribution in [0.3, 0.4) is 0 Å². The van der Waals surface area contributed by atoms with Gasteiger partial charge in [-0.1, -0.05) is 13.8 Å². The van der Waals surface area contributed by atoms with Gasteiger partial charge in [0.05, 0.1) is 11.7 Å². The average Bonchev–Trinajstić information content (AvgIpc) is 2.61. The lowest BCUT2D eigenvalue weighted by Gasteiger charge is -2.27. The topological polar surface area (TPSA) is 43.8 Å². The van der Waals surface area contributed by atoms with Crippen LogP contribution in [-0.2, 0) is 0 Å². The molecule has 3 heteroatoms. The zero-order chi connectivity index (χ0) is 12.1. The van der Waals surface area contributed by atoms with Gasteiger partial charge in [-0.25, -0.2) is 0 Å². The summed E-state index contributed by atoms with van der Waals surface area (Å²) in [5, 5.41) is 4.64. The molecule has 2 rings (SSSR count). The Morgan fingerprint density at radius 1 is 1.31 bits per heavy atom. The van der Waals surface area contributed by atoms with Crippen LogP contribution in [0.15, 0.2) is 0 Å². The molecule has 1 saturated carbocycles. The molecule has 0 amide bonds. The van der Waals surface area contributed by atoms with Crippen LogP contribution in [0.25, 0.3) is 0 Å². The van der Waals surface area contributed by atoms with E-state index < -0.39 is 0 Å². The molecule has 0 aromatic carbocycles. The Kier molecular flexibility index (Phi) is 2.61. The Bertz CT molecular complexity index is 404. The largest absolute Gasteiger partial charge is 0.325 e. The zero-order valence-corrected chi connectivity index (χ0v) is 11.0. The fourth-order valence-corrected chi connectivity index (χ4v) is 2.73. The van der Waals surface area contributed by atoms with Gasteiger partial charge in [-0.3, -0.25) is 4.68 Å². The van der Waals surface area contributed by atoms with E-state index in [0.29, 0.717) is 6.04 Å². The molecule has 1 aromatic rings. The van der Waals surface area contributed by atoms with Crippen molar-refractivity contribution in [1.82, 2.24) is 9.78 Å². The van der Waals surface area contributed by atoms with E-state index in [0.717, 1.165) is 12.1 Å². The first-order chi connectivity index (χ1) is 7.34. The van der Waals surface area contributed by atoms with Crippen molar-refractivity contribution in [2.24, 2.45) is 11.1 Å². The first-order valence-corrected chi connectivity index (χ1v) is 6.12. The maximum Gasteiger partial charge on any atom is 0.0678 e. The average molecular weight is 221 g/mol. The maximum absolute atomic E-state index is 6.36. The van der Waals surface area contributed by atoms with E-state index in [-0.39, 0.29) is 11.5 Å². The van der Waals surface area contributed by atoms with Gasteiger partial charge in [0.25, 0.3) is 0 Å². The van der Waals surface area contributed by atoms with Crippen LogP contribution in [-0.4, -0.2) is 15.8 Å². The molecule has 2 N–H and O–H groups in total. The molecule has 0 radical (unpaired) electrons. The van der Waals surface area contributed by atoms with Crippen LogP contribution >= 0.6 is 0 Å². The van der Waals surface area contributed by atoms with E-state index in [2.05, 4.69) is 44.4 Å². The summed E-state index contributed by atoms with van der Waals surface area (Å²) >= 11 is 0. The minimum Gasteiger partial charge on any atom is -0.325 e. The summed E-state index contributed by atoms with van der Waals surface area (Å²) in [6.07, 6.45) is 2.34. The molecule has 0 aliphatic heterocycles. The molecular formula is C13H23N3. The fourth-order valence-electron chi connectivity index (χ4n) is 2.73. The summed E-state index contributed by atoms with van der Waals surface area (Å²) in [4.78, 5) is 0. The van der Waals surface area contributed by atoms with Crippen molar-refractivity contribution in [3.63, 3.8) is 0 Å².